The lowest BCUT2D eigenvalue weighted by molar-refractivity contribution is 0.309. The van der Waals surface area contributed by atoms with Gasteiger partial charge in [-0.15, -0.1) is 0 Å². The Labute approximate surface area is 204 Å². The Morgan fingerprint density at radius 1 is 1.06 bits per heavy atom. The number of piperidine rings is 1. The first-order valence-corrected chi connectivity index (χ1v) is 12.4. The largest absolute Gasteiger partial charge is 0.494 e. The molecule has 0 aliphatic carbocycles. The number of aromatic nitrogens is 4. The highest BCUT2D eigenvalue weighted by Crippen LogP contribution is 2.34. The number of rotatable bonds is 8. The van der Waals surface area contributed by atoms with E-state index >= 15 is 0 Å². The average molecular weight is 477 g/mol. The number of aromatic amines is 1. The van der Waals surface area contributed by atoms with Gasteiger partial charge in [0, 0.05) is 30.1 Å². The minimum absolute atomic E-state index is 0.495. The van der Waals surface area contributed by atoms with E-state index in [0.717, 1.165) is 72.5 Å². The molecule has 0 atom stereocenters. The van der Waals surface area contributed by atoms with Crippen LogP contribution in [-0.2, 0) is 0 Å². The highest BCUT2D eigenvalue weighted by molar-refractivity contribution is 6.33. The second-order valence-electron chi connectivity index (χ2n) is 8.57. The second kappa shape index (κ2) is 10.3. The molecule has 0 unspecified atom stereocenters. The predicted octanol–water partition coefficient (Wildman–Crippen LogP) is 6.59. The van der Waals surface area contributed by atoms with Gasteiger partial charge in [0.15, 0.2) is 5.82 Å². The van der Waals surface area contributed by atoms with Crippen molar-refractivity contribution in [2.75, 3.05) is 29.9 Å². The quantitative estimate of drug-likeness (QED) is 0.279. The van der Waals surface area contributed by atoms with Crippen LogP contribution >= 0.6 is 11.6 Å². The van der Waals surface area contributed by atoms with Gasteiger partial charge >= 0.3 is 0 Å². The van der Waals surface area contributed by atoms with Crippen molar-refractivity contribution in [2.24, 2.45) is 0 Å². The number of hydrogen-bond donors (Lipinski definition) is 2. The maximum atomic E-state index is 6.70. The molecule has 1 saturated heterocycles. The molecular formula is C26H29ClN6O. The summed E-state index contributed by atoms with van der Waals surface area (Å²) in [7, 11) is 0. The fourth-order valence-corrected chi connectivity index (χ4v) is 4.47. The summed E-state index contributed by atoms with van der Waals surface area (Å²) in [5.41, 5.74) is 2.57. The van der Waals surface area contributed by atoms with Gasteiger partial charge in [0.25, 0.3) is 0 Å². The molecule has 2 aromatic carbocycles. The van der Waals surface area contributed by atoms with Gasteiger partial charge in [-0.2, -0.15) is 10.1 Å². The Morgan fingerprint density at radius 3 is 2.74 bits per heavy atom. The number of ether oxygens (including phenoxy) is 1. The zero-order valence-electron chi connectivity index (χ0n) is 19.4. The van der Waals surface area contributed by atoms with E-state index in [1.807, 2.05) is 48.5 Å². The van der Waals surface area contributed by atoms with E-state index < -0.39 is 0 Å². The number of benzene rings is 2. The monoisotopic (exact) mass is 476 g/mol. The summed E-state index contributed by atoms with van der Waals surface area (Å²) < 4.78 is 5.82. The molecular weight excluding hydrogens is 448 g/mol. The van der Waals surface area contributed by atoms with Gasteiger partial charge in [0.05, 0.1) is 22.8 Å². The number of para-hydroxylation sites is 1. The van der Waals surface area contributed by atoms with Crippen LogP contribution in [0, 0.1) is 0 Å². The molecule has 176 valence electrons. The first-order chi connectivity index (χ1) is 16.7. The minimum atomic E-state index is 0.495. The number of unbranched alkanes of at least 4 members (excludes halogenated alkanes) is 1. The lowest BCUT2D eigenvalue weighted by Crippen LogP contribution is -2.30. The average Bonchev–Trinajstić information content (AvgIpc) is 3.27. The smallest absolute Gasteiger partial charge is 0.230 e. The van der Waals surface area contributed by atoms with E-state index in [9.17, 15) is 0 Å². The third kappa shape index (κ3) is 4.94. The van der Waals surface area contributed by atoms with Crippen LogP contribution in [0.2, 0.25) is 5.02 Å². The van der Waals surface area contributed by atoms with Crippen molar-refractivity contribution >= 4 is 40.1 Å². The van der Waals surface area contributed by atoms with E-state index in [-0.39, 0.29) is 0 Å². The lowest BCUT2D eigenvalue weighted by Gasteiger charge is -2.28. The first-order valence-electron chi connectivity index (χ1n) is 12.0. The zero-order valence-corrected chi connectivity index (χ0v) is 20.1. The molecule has 0 spiro atoms. The fourth-order valence-electron chi connectivity index (χ4n) is 4.21. The van der Waals surface area contributed by atoms with Crippen LogP contribution in [0.1, 0.15) is 39.0 Å². The zero-order chi connectivity index (χ0) is 23.3. The molecule has 8 heteroatoms. The Morgan fingerprint density at radius 2 is 1.91 bits per heavy atom. The summed E-state index contributed by atoms with van der Waals surface area (Å²) in [6.45, 7) is 4.80. The molecule has 0 radical (unpaired) electrons. The highest BCUT2D eigenvalue weighted by Gasteiger charge is 2.18. The normalized spacial score (nSPS) is 13.9. The second-order valence-corrected chi connectivity index (χ2v) is 8.98. The van der Waals surface area contributed by atoms with Gasteiger partial charge in [-0.1, -0.05) is 37.1 Å². The van der Waals surface area contributed by atoms with Gasteiger partial charge in [-0.05, 0) is 56.0 Å². The first kappa shape index (κ1) is 22.5. The number of halogens is 1. The third-order valence-corrected chi connectivity index (χ3v) is 6.39. The number of nitrogens with one attached hydrogen (secondary N) is 2. The van der Waals surface area contributed by atoms with Crippen molar-refractivity contribution in [2.45, 2.75) is 39.0 Å². The number of nitrogens with zero attached hydrogens (tertiary/aromatic N) is 4. The topological polar surface area (TPSA) is 79.0 Å². The molecule has 3 heterocycles. The van der Waals surface area contributed by atoms with Crippen molar-refractivity contribution in [1.82, 2.24) is 20.2 Å². The summed E-state index contributed by atoms with van der Waals surface area (Å²) in [5, 5.41) is 12.4. The Bertz CT molecular complexity index is 1270. The van der Waals surface area contributed by atoms with Crippen molar-refractivity contribution in [3.05, 3.63) is 53.6 Å². The van der Waals surface area contributed by atoms with Gasteiger partial charge in [-0.25, -0.2) is 4.98 Å². The van der Waals surface area contributed by atoms with Crippen LogP contribution < -0.4 is 15.0 Å². The highest BCUT2D eigenvalue weighted by atomic mass is 35.5. The molecule has 2 N–H and O–H groups in total. The van der Waals surface area contributed by atoms with Crippen molar-refractivity contribution < 1.29 is 4.74 Å². The minimum Gasteiger partial charge on any atom is -0.494 e. The molecule has 7 nitrogen and oxygen atoms in total. The summed E-state index contributed by atoms with van der Waals surface area (Å²) in [6.07, 6.45) is 5.69. The van der Waals surface area contributed by atoms with Gasteiger partial charge in [0.1, 0.15) is 11.6 Å². The van der Waals surface area contributed by atoms with Crippen LogP contribution in [-0.4, -0.2) is 39.9 Å². The Hall–Kier alpha value is -3.32. The van der Waals surface area contributed by atoms with Crippen LogP contribution in [0.15, 0.2) is 48.5 Å². The molecule has 1 aliphatic heterocycles. The van der Waals surface area contributed by atoms with E-state index in [1.54, 1.807) is 0 Å². The standard InChI is InChI=1S/C26H29ClN6O/c1-2-3-15-34-18-11-12-19(21(27)16-18)23-17-24(33-13-7-4-8-14-33)29-26(28-23)30-25-20-9-5-6-10-22(20)31-32-25/h5-6,9-12,16-17H,2-4,7-8,13-15H2,1H3,(H2,28,29,30,31,32). The lowest BCUT2D eigenvalue weighted by atomic mass is 10.1. The molecule has 34 heavy (non-hydrogen) atoms. The Kier molecular flexibility index (Phi) is 6.81. The summed E-state index contributed by atoms with van der Waals surface area (Å²) in [4.78, 5) is 12.0. The maximum absolute atomic E-state index is 6.70. The molecule has 2 aromatic heterocycles. The molecule has 1 aliphatic rings. The van der Waals surface area contributed by atoms with Crippen LogP contribution in [0.4, 0.5) is 17.6 Å². The van der Waals surface area contributed by atoms with Crippen molar-refractivity contribution in [1.29, 1.82) is 0 Å². The molecule has 1 fully saturated rings. The molecule has 4 aromatic rings. The SMILES string of the molecule is CCCCOc1ccc(-c2cc(N3CCCCC3)nc(Nc3n[nH]c4ccccc34)n2)c(Cl)c1. The predicted molar refractivity (Wildman–Crippen MR) is 138 cm³/mol. The van der Waals surface area contributed by atoms with Crippen molar-refractivity contribution in [3.8, 4) is 17.0 Å². The van der Waals surface area contributed by atoms with Gasteiger partial charge < -0.3 is 15.0 Å². The van der Waals surface area contributed by atoms with E-state index in [1.165, 1.54) is 6.42 Å². The van der Waals surface area contributed by atoms with Crippen LogP contribution in [0.5, 0.6) is 5.75 Å². The third-order valence-electron chi connectivity index (χ3n) is 6.08. The summed E-state index contributed by atoms with van der Waals surface area (Å²) >= 11 is 6.70. The molecule has 0 saturated carbocycles. The van der Waals surface area contributed by atoms with Gasteiger partial charge in [-0.3, -0.25) is 5.10 Å². The summed E-state index contributed by atoms with van der Waals surface area (Å²) in [5.74, 6) is 2.86. The van der Waals surface area contributed by atoms with Gasteiger partial charge in [0.2, 0.25) is 5.95 Å². The molecule has 0 amide bonds. The van der Waals surface area contributed by atoms with E-state index in [2.05, 4.69) is 27.3 Å². The van der Waals surface area contributed by atoms with Crippen molar-refractivity contribution in [3.63, 3.8) is 0 Å². The van der Waals surface area contributed by atoms with Crippen LogP contribution in [0.25, 0.3) is 22.2 Å². The van der Waals surface area contributed by atoms with E-state index in [4.69, 9.17) is 26.3 Å². The fraction of sp³-hybridized carbons (Fsp3) is 0.346. The molecule has 0 bridgehead atoms. The molecule has 5 rings (SSSR count). The number of hydrogen-bond acceptors (Lipinski definition) is 6. The van der Waals surface area contributed by atoms with Crippen LogP contribution in [0.3, 0.4) is 0 Å². The number of fused-ring (bicyclic) bond motifs is 1. The summed E-state index contributed by atoms with van der Waals surface area (Å²) in [6, 6.07) is 15.8. The number of anilines is 3. The Balaban J connectivity index is 1.50. The number of H-pyrrole nitrogens is 1. The van der Waals surface area contributed by atoms with E-state index in [0.29, 0.717) is 23.4 Å². The maximum Gasteiger partial charge on any atom is 0.230 e.